The van der Waals surface area contributed by atoms with Gasteiger partial charge in [-0.15, -0.1) is 0 Å². The Morgan fingerprint density at radius 2 is 2.19 bits per heavy atom. The Morgan fingerprint density at radius 3 is 2.95 bits per heavy atom. The minimum absolute atomic E-state index is 0.0988. The van der Waals surface area contributed by atoms with Gasteiger partial charge in [0.25, 0.3) is 0 Å². The van der Waals surface area contributed by atoms with E-state index in [0.717, 1.165) is 19.1 Å². The van der Waals surface area contributed by atoms with Crippen molar-refractivity contribution in [1.29, 1.82) is 0 Å². The minimum atomic E-state index is -0.0988. The molecule has 1 N–H and O–H groups in total. The first-order valence-electron chi connectivity index (χ1n) is 8.40. The van der Waals surface area contributed by atoms with Crippen LogP contribution in [0.1, 0.15) is 44.1 Å². The first kappa shape index (κ1) is 13.7. The summed E-state index contributed by atoms with van der Waals surface area (Å²) in [6.45, 7) is 5.70. The average molecular weight is 288 g/mol. The summed E-state index contributed by atoms with van der Waals surface area (Å²) in [5.41, 5.74) is 1.54. The van der Waals surface area contributed by atoms with Gasteiger partial charge in [0.2, 0.25) is 0 Å². The van der Waals surface area contributed by atoms with Crippen molar-refractivity contribution in [3.8, 4) is 0 Å². The molecule has 1 aromatic rings. The van der Waals surface area contributed by atoms with E-state index >= 15 is 0 Å². The van der Waals surface area contributed by atoms with Gasteiger partial charge in [-0.1, -0.05) is 12.1 Å². The van der Waals surface area contributed by atoms with Gasteiger partial charge in [0, 0.05) is 31.1 Å². The minimum Gasteiger partial charge on any atom is -0.316 e. The van der Waals surface area contributed by atoms with Gasteiger partial charge in [0.05, 0.1) is 0 Å². The molecule has 0 amide bonds. The highest BCUT2D eigenvalue weighted by Gasteiger charge is 2.51. The van der Waals surface area contributed by atoms with Gasteiger partial charge in [0.1, 0.15) is 5.82 Å². The van der Waals surface area contributed by atoms with Gasteiger partial charge in [-0.2, -0.15) is 0 Å². The van der Waals surface area contributed by atoms with Crippen LogP contribution in [0, 0.1) is 11.2 Å². The molecule has 2 heterocycles. The van der Waals surface area contributed by atoms with Crippen molar-refractivity contribution in [2.24, 2.45) is 5.41 Å². The lowest BCUT2D eigenvalue weighted by atomic mass is 9.66. The van der Waals surface area contributed by atoms with Crippen molar-refractivity contribution in [1.82, 2.24) is 10.2 Å². The maximum atomic E-state index is 13.7. The summed E-state index contributed by atoms with van der Waals surface area (Å²) in [5, 5.41) is 3.54. The molecule has 3 heteroatoms. The van der Waals surface area contributed by atoms with Crippen LogP contribution in [0.4, 0.5) is 4.39 Å². The number of nitrogens with one attached hydrogen (secondary N) is 1. The Morgan fingerprint density at radius 1 is 1.33 bits per heavy atom. The highest BCUT2D eigenvalue weighted by atomic mass is 19.1. The number of hydrogen-bond donors (Lipinski definition) is 1. The van der Waals surface area contributed by atoms with E-state index in [4.69, 9.17) is 0 Å². The van der Waals surface area contributed by atoms with Gasteiger partial charge in [0.15, 0.2) is 0 Å². The van der Waals surface area contributed by atoms with Crippen LogP contribution in [0.25, 0.3) is 0 Å². The molecule has 0 aromatic heterocycles. The van der Waals surface area contributed by atoms with Crippen molar-refractivity contribution in [2.45, 2.75) is 50.6 Å². The molecule has 3 atom stereocenters. The van der Waals surface area contributed by atoms with Crippen LogP contribution in [0.5, 0.6) is 0 Å². The molecule has 3 aliphatic rings. The second kappa shape index (κ2) is 5.06. The molecule has 4 rings (SSSR count). The van der Waals surface area contributed by atoms with E-state index in [1.807, 2.05) is 6.07 Å². The Kier molecular flexibility index (Phi) is 3.31. The smallest absolute Gasteiger partial charge is 0.123 e. The normalized spacial score (nSPS) is 37.2. The summed E-state index contributed by atoms with van der Waals surface area (Å²) in [7, 11) is 0. The zero-order chi connectivity index (χ0) is 14.4. The summed E-state index contributed by atoms with van der Waals surface area (Å²) in [6, 6.07) is 8.81. The topological polar surface area (TPSA) is 15.3 Å². The molecule has 3 fully saturated rings. The predicted molar refractivity (Wildman–Crippen MR) is 82.9 cm³/mol. The summed E-state index contributed by atoms with van der Waals surface area (Å²) in [4.78, 5) is 2.73. The molecule has 0 radical (unpaired) electrons. The van der Waals surface area contributed by atoms with Crippen molar-refractivity contribution in [2.75, 3.05) is 19.6 Å². The third-order valence-electron chi connectivity index (χ3n) is 5.92. The van der Waals surface area contributed by atoms with Crippen LogP contribution in [-0.4, -0.2) is 36.6 Å². The van der Waals surface area contributed by atoms with E-state index in [-0.39, 0.29) is 5.82 Å². The number of likely N-dealkylation sites (tertiary alicyclic amines) is 1. The molecule has 114 valence electrons. The van der Waals surface area contributed by atoms with Crippen LogP contribution < -0.4 is 5.32 Å². The van der Waals surface area contributed by atoms with E-state index in [2.05, 4.69) is 23.2 Å². The van der Waals surface area contributed by atoms with Crippen LogP contribution in [0.2, 0.25) is 0 Å². The van der Waals surface area contributed by atoms with E-state index in [0.29, 0.717) is 17.4 Å². The predicted octanol–water partition coefficient (Wildman–Crippen LogP) is 3.15. The summed E-state index contributed by atoms with van der Waals surface area (Å²) >= 11 is 0. The standard InChI is InChI=1S/C18H25FN2/c1-13-10-18(12-21(13)16-5-6-16)7-8-20-11-17(18)14-3-2-4-15(19)9-14/h2-4,9,13,16-17,20H,5-8,10-12H2,1H3. The largest absolute Gasteiger partial charge is 0.316 e. The second-order valence-corrected chi connectivity index (χ2v) is 7.38. The highest BCUT2D eigenvalue weighted by molar-refractivity contribution is 5.26. The molecular formula is C18H25FN2. The number of nitrogens with zero attached hydrogens (tertiary/aromatic N) is 1. The molecule has 1 spiro atoms. The lowest BCUT2D eigenvalue weighted by molar-refractivity contribution is 0.159. The Bertz CT molecular complexity index is 528. The zero-order valence-electron chi connectivity index (χ0n) is 12.8. The number of halogens is 1. The van der Waals surface area contributed by atoms with Crippen molar-refractivity contribution in [3.05, 3.63) is 35.6 Å². The molecule has 2 saturated heterocycles. The molecule has 1 aromatic carbocycles. The van der Waals surface area contributed by atoms with Crippen LogP contribution >= 0.6 is 0 Å². The molecule has 1 aliphatic carbocycles. The fraction of sp³-hybridized carbons (Fsp3) is 0.667. The first-order chi connectivity index (χ1) is 10.2. The maximum Gasteiger partial charge on any atom is 0.123 e. The molecular weight excluding hydrogens is 263 g/mol. The Labute approximate surface area is 126 Å². The van der Waals surface area contributed by atoms with E-state index in [1.54, 1.807) is 12.1 Å². The zero-order valence-corrected chi connectivity index (χ0v) is 12.8. The number of benzene rings is 1. The van der Waals surface area contributed by atoms with Crippen LogP contribution in [0.3, 0.4) is 0 Å². The van der Waals surface area contributed by atoms with Gasteiger partial charge in [-0.05, 0) is 62.3 Å². The lowest BCUT2D eigenvalue weighted by Gasteiger charge is -2.42. The van der Waals surface area contributed by atoms with Crippen LogP contribution in [0.15, 0.2) is 24.3 Å². The van der Waals surface area contributed by atoms with Gasteiger partial charge in [-0.25, -0.2) is 4.39 Å². The summed E-state index contributed by atoms with van der Waals surface area (Å²) in [5.74, 6) is 0.353. The lowest BCUT2D eigenvalue weighted by Crippen LogP contribution is -2.45. The second-order valence-electron chi connectivity index (χ2n) is 7.38. The van der Waals surface area contributed by atoms with Gasteiger partial charge < -0.3 is 5.32 Å². The van der Waals surface area contributed by atoms with Crippen molar-refractivity contribution in [3.63, 3.8) is 0 Å². The van der Waals surface area contributed by atoms with Gasteiger partial charge >= 0.3 is 0 Å². The van der Waals surface area contributed by atoms with E-state index in [1.165, 1.54) is 37.8 Å². The number of hydrogen-bond acceptors (Lipinski definition) is 2. The third kappa shape index (κ3) is 2.40. The number of rotatable bonds is 2. The fourth-order valence-corrected chi connectivity index (χ4v) is 4.79. The first-order valence-corrected chi connectivity index (χ1v) is 8.40. The van der Waals surface area contributed by atoms with E-state index in [9.17, 15) is 4.39 Å². The quantitative estimate of drug-likeness (QED) is 0.899. The van der Waals surface area contributed by atoms with Crippen molar-refractivity contribution < 1.29 is 4.39 Å². The maximum absolute atomic E-state index is 13.7. The molecule has 2 nitrogen and oxygen atoms in total. The molecule has 21 heavy (non-hydrogen) atoms. The highest BCUT2D eigenvalue weighted by Crippen LogP contribution is 2.52. The van der Waals surface area contributed by atoms with Gasteiger partial charge in [-0.3, -0.25) is 4.90 Å². The summed E-state index contributed by atoms with van der Waals surface area (Å²) < 4.78 is 13.7. The van der Waals surface area contributed by atoms with Crippen LogP contribution in [-0.2, 0) is 0 Å². The SMILES string of the molecule is CC1CC2(CCNCC2c2cccc(F)c2)CN1C1CC1. The van der Waals surface area contributed by atoms with E-state index < -0.39 is 0 Å². The Balaban J connectivity index is 1.65. The molecule has 0 bridgehead atoms. The fourth-order valence-electron chi connectivity index (χ4n) is 4.79. The third-order valence-corrected chi connectivity index (χ3v) is 5.92. The number of piperidine rings is 1. The molecule has 2 aliphatic heterocycles. The van der Waals surface area contributed by atoms with Crippen molar-refractivity contribution >= 4 is 0 Å². The Hall–Kier alpha value is -0.930. The summed E-state index contributed by atoms with van der Waals surface area (Å²) in [6.07, 6.45) is 5.25. The molecule has 1 saturated carbocycles. The monoisotopic (exact) mass is 288 g/mol. The molecule has 3 unspecified atom stereocenters. The average Bonchev–Trinajstić information content (AvgIpc) is 3.25.